The van der Waals surface area contributed by atoms with Crippen molar-refractivity contribution >= 4 is 37.5 Å². The molecule has 54 valence electrons. The Labute approximate surface area is 80.3 Å². The monoisotopic (exact) mass is 267 g/mol. The molecule has 0 aromatic carbocycles. The lowest BCUT2D eigenvalue weighted by atomic mass is 10.3. The highest BCUT2D eigenvalue weighted by Gasteiger charge is 2.03. The zero-order valence-corrected chi connectivity index (χ0v) is 8.03. The smallest absolute Gasteiger partial charge is 0.0637 e. The van der Waals surface area contributed by atoms with E-state index >= 15 is 0 Å². The van der Waals surface area contributed by atoms with Crippen LogP contribution in [-0.4, -0.2) is 4.98 Å². The first-order chi connectivity index (χ1) is 5.84. The molecule has 2 N–H and O–H groups in total. The molecule has 0 aliphatic heterocycles. The molecule has 0 aliphatic rings. The first-order valence-corrected chi connectivity index (χ1v) is 4.02. The quantitative estimate of drug-likeness (QED) is 0.785. The molecule has 2 nitrogen and oxygen atoms in total. The van der Waals surface area contributed by atoms with Crippen molar-refractivity contribution < 1.29 is 4.11 Å². The van der Waals surface area contributed by atoms with Crippen molar-refractivity contribution in [3.63, 3.8) is 0 Å². The van der Waals surface area contributed by atoms with Gasteiger partial charge < -0.3 is 5.73 Å². The van der Waals surface area contributed by atoms with E-state index in [1.807, 2.05) is 0 Å². The zero-order valence-electron chi connectivity index (χ0n) is 7.86. The van der Waals surface area contributed by atoms with Crippen molar-refractivity contribution in [3.05, 3.63) is 20.8 Å². The van der Waals surface area contributed by atoms with Crippen molar-refractivity contribution in [2.45, 2.75) is 6.85 Å². The van der Waals surface area contributed by atoms with Crippen LogP contribution in [0, 0.1) is 6.85 Å². The van der Waals surface area contributed by atoms with Gasteiger partial charge in [-0.25, -0.2) is 0 Å². The number of anilines is 1. The summed E-state index contributed by atoms with van der Waals surface area (Å²) in [6, 6.07) is 0. The van der Waals surface area contributed by atoms with E-state index in [9.17, 15) is 0 Å². The fraction of sp³-hybridized carbons (Fsp3) is 0.167. The van der Waals surface area contributed by atoms with E-state index in [-0.39, 0.29) is 5.69 Å². The zero-order chi connectivity index (χ0) is 10.2. The molecule has 1 aromatic rings. The first-order valence-electron chi connectivity index (χ1n) is 3.94. The van der Waals surface area contributed by atoms with Gasteiger partial charge in [0.05, 0.1) is 20.3 Å². The largest absolute Gasteiger partial charge is 0.397 e. The van der Waals surface area contributed by atoms with E-state index < -0.39 is 6.85 Å². The standard InChI is InChI=1S/C6H6Br2N2/c1-3-5(8)6(9)4(7)2-10-3/h2H,1H3,(H2,9,10)/i1D3. The van der Waals surface area contributed by atoms with Crippen LogP contribution in [0.5, 0.6) is 0 Å². The topological polar surface area (TPSA) is 38.9 Å². The summed E-state index contributed by atoms with van der Waals surface area (Å²) in [7, 11) is 0. The molecule has 4 heteroatoms. The third-order valence-corrected chi connectivity index (χ3v) is 2.44. The normalized spacial score (nSPS) is 15.6. The summed E-state index contributed by atoms with van der Waals surface area (Å²) in [5, 5.41) is 0. The van der Waals surface area contributed by atoms with E-state index in [0.717, 1.165) is 0 Å². The molecule has 0 saturated carbocycles. The maximum absolute atomic E-state index is 7.15. The summed E-state index contributed by atoms with van der Waals surface area (Å²) in [6.45, 7) is -2.24. The highest BCUT2D eigenvalue weighted by molar-refractivity contribution is 9.11. The molecule has 1 aromatic heterocycles. The number of pyridine rings is 1. The Balaban J connectivity index is 3.35. The minimum Gasteiger partial charge on any atom is -0.397 e. The fourth-order valence-corrected chi connectivity index (χ4v) is 1.36. The van der Waals surface area contributed by atoms with Crippen molar-refractivity contribution in [3.8, 4) is 0 Å². The fourth-order valence-electron chi connectivity index (χ4n) is 0.480. The van der Waals surface area contributed by atoms with Crippen LogP contribution in [0.4, 0.5) is 5.69 Å². The molecule has 1 rings (SSSR count). The van der Waals surface area contributed by atoms with Crippen LogP contribution in [0.2, 0.25) is 0 Å². The minimum absolute atomic E-state index is 0.0202. The molecular weight excluding hydrogens is 260 g/mol. The Morgan fingerprint density at radius 1 is 1.70 bits per heavy atom. The van der Waals surface area contributed by atoms with Crippen LogP contribution in [0.15, 0.2) is 15.1 Å². The summed E-state index contributed by atoms with van der Waals surface area (Å²) in [4.78, 5) is 3.77. The Bertz CT molecular complexity index is 337. The van der Waals surface area contributed by atoms with Gasteiger partial charge in [0, 0.05) is 10.3 Å². The molecule has 0 fully saturated rings. The molecule has 0 spiro atoms. The Kier molecular flexibility index (Phi) is 1.36. The van der Waals surface area contributed by atoms with Gasteiger partial charge in [0.15, 0.2) is 0 Å². The van der Waals surface area contributed by atoms with E-state index in [1.54, 1.807) is 0 Å². The molecule has 0 atom stereocenters. The number of aromatic nitrogens is 1. The molecule has 0 radical (unpaired) electrons. The predicted molar refractivity (Wildman–Crippen MR) is 48.8 cm³/mol. The van der Waals surface area contributed by atoms with Gasteiger partial charge in [-0.1, -0.05) is 0 Å². The Hall–Kier alpha value is -0.0900. The van der Waals surface area contributed by atoms with Gasteiger partial charge in [-0.2, -0.15) is 0 Å². The van der Waals surface area contributed by atoms with Crippen molar-refractivity contribution in [2.24, 2.45) is 0 Å². The summed E-state index contributed by atoms with van der Waals surface area (Å²) in [5.41, 5.74) is 5.92. The average Bonchev–Trinajstić information content (AvgIpc) is 1.98. The summed E-state index contributed by atoms with van der Waals surface area (Å²) in [6.07, 6.45) is 1.38. The highest BCUT2D eigenvalue weighted by Crippen LogP contribution is 2.28. The van der Waals surface area contributed by atoms with E-state index in [1.165, 1.54) is 6.20 Å². The van der Waals surface area contributed by atoms with Crippen LogP contribution < -0.4 is 5.73 Å². The lowest BCUT2D eigenvalue weighted by Crippen LogP contribution is -1.92. The van der Waals surface area contributed by atoms with Crippen molar-refractivity contribution in [1.29, 1.82) is 0 Å². The second-order valence-electron chi connectivity index (χ2n) is 1.68. The van der Waals surface area contributed by atoms with Gasteiger partial charge >= 0.3 is 0 Å². The number of rotatable bonds is 0. The summed E-state index contributed by atoms with van der Waals surface area (Å²) < 4.78 is 22.3. The molecule has 1 heterocycles. The van der Waals surface area contributed by atoms with Gasteiger partial charge in [0.1, 0.15) is 0 Å². The number of hydrogen-bond acceptors (Lipinski definition) is 2. The van der Waals surface area contributed by atoms with Gasteiger partial charge in [-0.3, -0.25) is 4.98 Å². The Morgan fingerprint density at radius 3 is 3.00 bits per heavy atom. The Morgan fingerprint density at radius 2 is 2.40 bits per heavy atom. The number of nitrogens with zero attached hydrogens (tertiary/aromatic N) is 1. The van der Waals surface area contributed by atoms with Crippen LogP contribution in [-0.2, 0) is 0 Å². The van der Waals surface area contributed by atoms with E-state index in [4.69, 9.17) is 9.85 Å². The maximum atomic E-state index is 7.15. The molecule has 0 bridgehead atoms. The lowest BCUT2D eigenvalue weighted by molar-refractivity contribution is 1.17. The first kappa shape index (κ1) is 4.72. The highest BCUT2D eigenvalue weighted by atomic mass is 79.9. The number of aryl methyl sites for hydroxylation is 1. The second-order valence-corrected chi connectivity index (χ2v) is 3.33. The number of nitrogen functional groups attached to an aromatic ring is 1. The van der Waals surface area contributed by atoms with Gasteiger partial charge in [0.2, 0.25) is 0 Å². The third kappa shape index (κ3) is 1.32. The van der Waals surface area contributed by atoms with E-state index in [0.29, 0.717) is 14.6 Å². The number of halogens is 2. The molecule has 0 saturated heterocycles. The maximum Gasteiger partial charge on any atom is 0.0637 e. The molecule has 0 amide bonds. The van der Waals surface area contributed by atoms with Crippen LogP contribution in [0.3, 0.4) is 0 Å². The van der Waals surface area contributed by atoms with Crippen molar-refractivity contribution in [1.82, 2.24) is 4.98 Å². The second kappa shape index (κ2) is 2.88. The summed E-state index contributed by atoms with van der Waals surface area (Å²) in [5.74, 6) is 0. The molecule has 10 heavy (non-hydrogen) atoms. The summed E-state index contributed by atoms with van der Waals surface area (Å²) >= 11 is 6.24. The van der Waals surface area contributed by atoms with E-state index in [2.05, 4.69) is 36.8 Å². The third-order valence-electron chi connectivity index (χ3n) is 1.01. The number of nitrogens with two attached hydrogens (primary N) is 1. The minimum atomic E-state index is -2.24. The van der Waals surface area contributed by atoms with Gasteiger partial charge in [-0.15, -0.1) is 0 Å². The SMILES string of the molecule is [2H]C([2H])([2H])c1ncc(Br)c(N)c1Br. The van der Waals surface area contributed by atoms with Crippen LogP contribution in [0.25, 0.3) is 0 Å². The number of hydrogen-bond donors (Lipinski definition) is 1. The lowest BCUT2D eigenvalue weighted by Gasteiger charge is -2.02. The molecule has 0 aliphatic carbocycles. The van der Waals surface area contributed by atoms with Crippen molar-refractivity contribution in [2.75, 3.05) is 5.73 Å². The average molecular weight is 269 g/mol. The van der Waals surface area contributed by atoms with Crippen LogP contribution in [0.1, 0.15) is 9.81 Å². The van der Waals surface area contributed by atoms with Gasteiger partial charge in [0.25, 0.3) is 0 Å². The predicted octanol–water partition coefficient (Wildman–Crippen LogP) is 2.50. The van der Waals surface area contributed by atoms with Gasteiger partial charge in [-0.05, 0) is 38.7 Å². The molecular formula is C6H6Br2N2. The molecule has 0 unspecified atom stereocenters. The van der Waals surface area contributed by atoms with Crippen LogP contribution >= 0.6 is 31.9 Å².